The molecule has 0 heterocycles. The number of carboxylic acids is 1. The summed E-state index contributed by atoms with van der Waals surface area (Å²) in [6, 6.07) is 5.33. The number of anilines is 1. The molecule has 1 aromatic carbocycles. The summed E-state index contributed by atoms with van der Waals surface area (Å²) in [5.74, 6) is -0.927. The fraction of sp³-hybridized carbons (Fsp3) is 0.417. The minimum absolute atomic E-state index is 0.109. The molecule has 0 bridgehead atoms. The zero-order chi connectivity index (χ0) is 12.3. The van der Waals surface area contributed by atoms with Crippen molar-refractivity contribution in [1.29, 1.82) is 0 Å². The van der Waals surface area contributed by atoms with E-state index in [4.69, 9.17) is 5.11 Å². The van der Waals surface area contributed by atoms with Gasteiger partial charge in [-0.05, 0) is 33.5 Å². The highest BCUT2D eigenvalue weighted by atomic mass is 79.9. The van der Waals surface area contributed by atoms with Crippen molar-refractivity contribution in [2.75, 3.05) is 11.9 Å². The van der Waals surface area contributed by atoms with Crippen LogP contribution in [0.25, 0.3) is 0 Å². The summed E-state index contributed by atoms with van der Waals surface area (Å²) in [7, 11) is 0. The van der Waals surface area contributed by atoms with Crippen molar-refractivity contribution in [2.45, 2.75) is 20.8 Å². The van der Waals surface area contributed by atoms with Crippen LogP contribution >= 0.6 is 15.9 Å². The van der Waals surface area contributed by atoms with Gasteiger partial charge in [0.05, 0.1) is 5.56 Å². The molecule has 0 aliphatic rings. The highest BCUT2D eigenvalue weighted by molar-refractivity contribution is 9.10. The van der Waals surface area contributed by atoms with E-state index in [9.17, 15) is 4.79 Å². The van der Waals surface area contributed by atoms with Crippen LogP contribution in [0.2, 0.25) is 0 Å². The van der Waals surface area contributed by atoms with E-state index in [1.807, 2.05) is 6.07 Å². The Bertz CT molecular complexity index is 396. The zero-order valence-corrected chi connectivity index (χ0v) is 11.3. The minimum Gasteiger partial charge on any atom is -0.478 e. The van der Waals surface area contributed by atoms with Crippen molar-refractivity contribution >= 4 is 27.6 Å². The fourth-order valence-electron chi connectivity index (χ4n) is 1.25. The average Bonchev–Trinajstić information content (AvgIpc) is 2.12. The standard InChI is InChI=1S/C12H16BrNO2/c1-12(2,3)7-14-9-6-4-5-8(13)10(9)11(15)16/h4-6,14H,7H2,1-3H3,(H,15,16). The lowest BCUT2D eigenvalue weighted by Crippen LogP contribution is -2.20. The number of hydrogen-bond donors (Lipinski definition) is 2. The first-order valence-electron chi connectivity index (χ1n) is 5.07. The molecule has 0 aliphatic heterocycles. The molecule has 0 amide bonds. The third-order valence-corrected chi connectivity index (χ3v) is 2.70. The minimum atomic E-state index is -0.927. The maximum absolute atomic E-state index is 11.1. The molecule has 0 radical (unpaired) electrons. The van der Waals surface area contributed by atoms with Gasteiger partial charge in [0, 0.05) is 16.7 Å². The van der Waals surface area contributed by atoms with E-state index in [0.717, 1.165) is 6.54 Å². The van der Waals surface area contributed by atoms with Crippen LogP contribution in [0.3, 0.4) is 0 Å². The van der Waals surface area contributed by atoms with Gasteiger partial charge in [-0.2, -0.15) is 0 Å². The molecule has 88 valence electrons. The zero-order valence-electron chi connectivity index (χ0n) is 9.67. The summed E-state index contributed by atoms with van der Waals surface area (Å²) in [5, 5.41) is 12.3. The SMILES string of the molecule is CC(C)(C)CNc1cccc(Br)c1C(=O)O. The fourth-order valence-corrected chi connectivity index (χ4v) is 1.78. The van der Waals surface area contributed by atoms with Gasteiger partial charge in [-0.1, -0.05) is 26.8 Å². The lowest BCUT2D eigenvalue weighted by Gasteiger charge is -2.20. The van der Waals surface area contributed by atoms with E-state index in [2.05, 4.69) is 42.0 Å². The summed E-state index contributed by atoms with van der Waals surface area (Å²) in [6.45, 7) is 7.01. The Morgan fingerprint density at radius 2 is 2.06 bits per heavy atom. The van der Waals surface area contributed by atoms with E-state index in [-0.39, 0.29) is 11.0 Å². The molecule has 0 aliphatic carbocycles. The number of benzene rings is 1. The summed E-state index contributed by atoms with van der Waals surface area (Å²) in [4.78, 5) is 11.1. The molecule has 1 rings (SSSR count). The van der Waals surface area contributed by atoms with Crippen molar-refractivity contribution in [2.24, 2.45) is 5.41 Å². The largest absolute Gasteiger partial charge is 0.478 e. The van der Waals surface area contributed by atoms with Crippen LogP contribution in [-0.4, -0.2) is 17.6 Å². The Morgan fingerprint density at radius 3 is 2.56 bits per heavy atom. The second kappa shape index (κ2) is 4.87. The summed E-state index contributed by atoms with van der Waals surface area (Å²) in [6.07, 6.45) is 0. The van der Waals surface area contributed by atoms with Crippen LogP contribution in [0.1, 0.15) is 31.1 Å². The van der Waals surface area contributed by atoms with E-state index in [0.29, 0.717) is 10.2 Å². The lowest BCUT2D eigenvalue weighted by atomic mass is 9.96. The van der Waals surface area contributed by atoms with E-state index in [1.165, 1.54) is 0 Å². The van der Waals surface area contributed by atoms with Gasteiger partial charge in [-0.15, -0.1) is 0 Å². The van der Waals surface area contributed by atoms with Crippen molar-refractivity contribution in [3.05, 3.63) is 28.2 Å². The van der Waals surface area contributed by atoms with Crippen LogP contribution < -0.4 is 5.32 Å². The van der Waals surface area contributed by atoms with Gasteiger partial charge in [0.15, 0.2) is 0 Å². The summed E-state index contributed by atoms with van der Waals surface area (Å²) < 4.78 is 0.596. The molecular formula is C12H16BrNO2. The van der Waals surface area contributed by atoms with Crippen LogP contribution in [0.5, 0.6) is 0 Å². The molecule has 0 saturated heterocycles. The number of carboxylic acid groups (broad SMARTS) is 1. The van der Waals surface area contributed by atoms with Gasteiger partial charge in [-0.3, -0.25) is 0 Å². The van der Waals surface area contributed by atoms with Gasteiger partial charge >= 0.3 is 5.97 Å². The summed E-state index contributed by atoms with van der Waals surface area (Å²) in [5.41, 5.74) is 1.04. The quantitative estimate of drug-likeness (QED) is 0.892. The number of halogens is 1. The summed E-state index contributed by atoms with van der Waals surface area (Å²) >= 11 is 3.25. The number of rotatable bonds is 3. The molecule has 1 aromatic rings. The Hall–Kier alpha value is -1.03. The third-order valence-electron chi connectivity index (χ3n) is 2.04. The third kappa shape index (κ3) is 3.52. The average molecular weight is 286 g/mol. The molecule has 0 unspecified atom stereocenters. The number of aromatic carboxylic acids is 1. The predicted molar refractivity (Wildman–Crippen MR) is 69.0 cm³/mol. The van der Waals surface area contributed by atoms with E-state index >= 15 is 0 Å². The van der Waals surface area contributed by atoms with Crippen molar-refractivity contribution in [1.82, 2.24) is 0 Å². The topological polar surface area (TPSA) is 49.3 Å². The van der Waals surface area contributed by atoms with E-state index in [1.54, 1.807) is 12.1 Å². The maximum Gasteiger partial charge on any atom is 0.338 e. The van der Waals surface area contributed by atoms with Gasteiger partial charge in [-0.25, -0.2) is 4.79 Å². The Morgan fingerprint density at radius 1 is 1.44 bits per heavy atom. The second-order valence-electron chi connectivity index (χ2n) is 4.88. The lowest BCUT2D eigenvalue weighted by molar-refractivity contribution is 0.0697. The smallest absolute Gasteiger partial charge is 0.338 e. The molecule has 4 heteroatoms. The number of nitrogens with one attached hydrogen (secondary N) is 1. The van der Waals surface area contributed by atoms with Gasteiger partial charge in [0.2, 0.25) is 0 Å². The molecule has 16 heavy (non-hydrogen) atoms. The van der Waals surface area contributed by atoms with Crippen LogP contribution in [0, 0.1) is 5.41 Å². The molecule has 0 spiro atoms. The Balaban J connectivity index is 2.96. The molecule has 0 atom stereocenters. The first kappa shape index (κ1) is 13.0. The van der Waals surface area contributed by atoms with Crippen LogP contribution in [-0.2, 0) is 0 Å². The molecule has 3 nitrogen and oxygen atoms in total. The Kier molecular flexibility index (Phi) is 3.97. The Labute approximate surface area is 104 Å². The molecule has 0 aromatic heterocycles. The van der Waals surface area contributed by atoms with Crippen LogP contribution in [0.15, 0.2) is 22.7 Å². The molecule has 0 saturated carbocycles. The van der Waals surface area contributed by atoms with Crippen molar-refractivity contribution in [3.63, 3.8) is 0 Å². The number of hydrogen-bond acceptors (Lipinski definition) is 2. The monoisotopic (exact) mass is 285 g/mol. The van der Waals surface area contributed by atoms with Gasteiger partial charge < -0.3 is 10.4 Å². The van der Waals surface area contributed by atoms with Crippen molar-refractivity contribution < 1.29 is 9.90 Å². The first-order valence-corrected chi connectivity index (χ1v) is 5.86. The van der Waals surface area contributed by atoms with Crippen LogP contribution in [0.4, 0.5) is 5.69 Å². The number of carbonyl (C=O) groups is 1. The molecular weight excluding hydrogens is 270 g/mol. The normalized spacial score (nSPS) is 11.2. The highest BCUT2D eigenvalue weighted by Crippen LogP contribution is 2.26. The predicted octanol–water partition coefficient (Wildman–Crippen LogP) is 3.61. The maximum atomic E-state index is 11.1. The van der Waals surface area contributed by atoms with E-state index < -0.39 is 5.97 Å². The van der Waals surface area contributed by atoms with Gasteiger partial charge in [0.1, 0.15) is 0 Å². The molecule has 2 N–H and O–H groups in total. The van der Waals surface area contributed by atoms with Crippen molar-refractivity contribution in [3.8, 4) is 0 Å². The second-order valence-corrected chi connectivity index (χ2v) is 5.74. The van der Waals surface area contributed by atoms with Gasteiger partial charge in [0.25, 0.3) is 0 Å². The highest BCUT2D eigenvalue weighted by Gasteiger charge is 2.16. The molecule has 0 fully saturated rings. The first-order chi connectivity index (χ1) is 7.31.